The minimum atomic E-state index is -0.519. The van der Waals surface area contributed by atoms with Crippen LogP contribution in [0.25, 0.3) is 0 Å². The van der Waals surface area contributed by atoms with Gasteiger partial charge in [0.2, 0.25) is 5.91 Å². The fourth-order valence-corrected chi connectivity index (χ4v) is 1.58. The van der Waals surface area contributed by atoms with Crippen molar-refractivity contribution in [2.45, 2.75) is 44.8 Å². The second-order valence-corrected chi connectivity index (χ2v) is 4.96. The summed E-state index contributed by atoms with van der Waals surface area (Å²) in [6.45, 7) is 7.17. The third-order valence-electron chi connectivity index (χ3n) is 3.12. The Morgan fingerprint density at radius 2 is 2.20 bits per heavy atom. The number of carbonyl (C=O) groups excluding carboxylic acids is 1. The third kappa shape index (κ3) is 3.18. The average molecular weight is 214 g/mol. The lowest BCUT2D eigenvalue weighted by Crippen LogP contribution is -2.53. The Morgan fingerprint density at radius 1 is 1.53 bits per heavy atom. The van der Waals surface area contributed by atoms with Gasteiger partial charge in [0.1, 0.15) is 0 Å². The molecule has 2 N–H and O–H groups in total. The molecular weight excluding hydrogens is 192 g/mol. The first-order valence-corrected chi connectivity index (χ1v) is 5.51. The summed E-state index contributed by atoms with van der Waals surface area (Å²) in [4.78, 5) is 11.8. The number of nitrogens with one attached hydrogen (secondary N) is 2. The monoisotopic (exact) mass is 214 g/mol. The van der Waals surface area contributed by atoms with E-state index in [9.17, 15) is 4.79 Å². The Kier molecular flexibility index (Phi) is 3.73. The fraction of sp³-hybridized carbons (Fsp3) is 0.909. The number of hydrogen-bond donors (Lipinski definition) is 2. The quantitative estimate of drug-likeness (QED) is 0.723. The van der Waals surface area contributed by atoms with Crippen LogP contribution in [0, 0.1) is 0 Å². The van der Waals surface area contributed by atoms with Crippen molar-refractivity contribution >= 4 is 5.91 Å². The van der Waals surface area contributed by atoms with Crippen LogP contribution in [-0.4, -0.2) is 37.2 Å². The maximum absolute atomic E-state index is 11.8. The van der Waals surface area contributed by atoms with Crippen molar-refractivity contribution in [1.29, 1.82) is 0 Å². The molecule has 1 saturated heterocycles. The summed E-state index contributed by atoms with van der Waals surface area (Å²) in [7, 11) is 1.79. The molecule has 0 aromatic rings. The van der Waals surface area contributed by atoms with Crippen LogP contribution in [0.1, 0.15) is 33.6 Å². The van der Waals surface area contributed by atoms with Crippen LogP contribution in [0.5, 0.6) is 0 Å². The Morgan fingerprint density at radius 3 is 2.67 bits per heavy atom. The Bertz CT molecular complexity index is 233. The molecule has 0 bridgehead atoms. The highest BCUT2D eigenvalue weighted by atomic mass is 16.5. The molecule has 1 rings (SSSR count). The second-order valence-electron chi connectivity index (χ2n) is 4.96. The van der Waals surface area contributed by atoms with Crippen LogP contribution < -0.4 is 10.6 Å². The summed E-state index contributed by atoms with van der Waals surface area (Å²) in [5.74, 6) is 0.0155. The predicted octanol–water partition coefficient (Wildman–Crippen LogP) is 0.670. The number of carbonyl (C=O) groups is 1. The highest BCUT2D eigenvalue weighted by molar-refractivity contribution is 5.85. The summed E-state index contributed by atoms with van der Waals surface area (Å²) >= 11 is 0. The predicted molar refractivity (Wildman–Crippen MR) is 59.7 cm³/mol. The van der Waals surface area contributed by atoms with Gasteiger partial charge in [0.25, 0.3) is 0 Å². The molecule has 1 aliphatic heterocycles. The Labute approximate surface area is 91.8 Å². The molecule has 4 nitrogen and oxygen atoms in total. The average Bonchev–Trinajstić information content (AvgIpc) is 2.62. The molecule has 88 valence electrons. The largest absolute Gasteiger partial charge is 0.373 e. The molecule has 0 aromatic heterocycles. The normalized spacial score (nSPS) is 26.7. The van der Waals surface area contributed by atoms with Crippen molar-refractivity contribution in [3.8, 4) is 0 Å². The number of rotatable bonds is 4. The zero-order valence-electron chi connectivity index (χ0n) is 10.1. The number of amides is 1. The van der Waals surface area contributed by atoms with Gasteiger partial charge < -0.3 is 15.4 Å². The molecular formula is C11H22N2O2. The molecule has 0 spiro atoms. The minimum absolute atomic E-state index is 0.0155. The van der Waals surface area contributed by atoms with Crippen molar-refractivity contribution in [3.05, 3.63) is 0 Å². The zero-order chi connectivity index (χ0) is 11.5. The molecule has 15 heavy (non-hydrogen) atoms. The number of ether oxygens (including phenoxy) is 1. The number of likely N-dealkylation sites (N-methyl/N-ethyl adjacent to an activating group) is 1. The summed E-state index contributed by atoms with van der Waals surface area (Å²) in [6.07, 6.45) is 2.11. The van der Waals surface area contributed by atoms with E-state index in [2.05, 4.69) is 10.6 Å². The Hall–Kier alpha value is -0.610. The highest BCUT2D eigenvalue weighted by Gasteiger charge is 2.32. The summed E-state index contributed by atoms with van der Waals surface area (Å²) in [5, 5.41) is 5.91. The van der Waals surface area contributed by atoms with Gasteiger partial charge in [-0.3, -0.25) is 4.79 Å². The third-order valence-corrected chi connectivity index (χ3v) is 3.12. The molecule has 0 radical (unpaired) electrons. The van der Waals surface area contributed by atoms with E-state index in [4.69, 9.17) is 4.74 Å². The standard InChI is InChI=1S/C11H22N2O2/c1-10(2,12-4)9(14)13-8-11(3)6-5-7-15-11/h12H,5-8H2,1-4H3,(H,13,14). The van der Waals surface area contributed by atoms with Crippen molar-refractivity contribution < 1.29 is 9.53 Å². The minimum Gasteiger partial charge on any atom is -0.373 e. The molecule has 1 aliphatic rings. The second kappa shape index (κ2) is 4.49. The van der Waals surface area contributed by atoms with Gasteiger partial charge >= 0.3 is 0 Å². The maximum atomic E-state index is 11.8. The van der Waals surface area contributed by atoms with Gasteiger partial charge in [-0.1, -0.05) is 0 Å². The molecule has 0 aromatic carbocycles. The molecule has 1 amide bonds. The summed E-state index contributed by atoms with van der Waals surface area (Å²) < 4.78 is 5.60. The van der Waals surface area contributed by atoms with Gasteiger partial charge in [-0.25, -0.2) is 0 Å². The lowest BCUT2D eigenvalue weighted by molar-refractivity contribution is -0.127. The molecule has 1 unspecified atom stereocenters. The first-order valence-electron chi connectivity index (χ1n) is 5.51. The first-order chi connectivity index (χ1) is 6.90. The van der Waals surface area contributed by atoms with E-state index in [1.165, 1.54) is 0 Å². The van der Waals surface area contributed by atoms with E-state index in [0.29, 0.717) is 6.54 Å². The van der Waals surface area contributed by atoms with Crippen LogP contribution in [0.2, 0.25) is 0 Å². The van der Waals surface area contributed by atoms with Gasteiger partial charge in [0.15, 0.2) is 0 Å². The van der Waals surface area contributed by atoms with E-state index in [1.54, 1.807) is 7.05 Å². The van der Waals surface area contributed by atoms with Gasteiger partial charge in [0, 0.05) is 13.2 Å². The first kappa shape index (κ1) is 12.5. The summed E-state index contributed by atoms with van der Waals surface area (Å²) in [6, 6.07) is 0. The van der Waals surface area contributed by atoms with Crippen LogP contribution in [-0.2, 0) is 9.53 Å². The Balaban J connectivity index is 2.40. The molecule has 0 saturated carbocycles. The number of hydrogen-bond acceptors (Lipinski definition) is 3. The summed E-state index contributed by atoms with van der Waals surface area (Å²) in [5.41, 5.74) is -0.686. The van der Waals surface area contributed by atoms with Crippen molar-refractivity contribution in [3.63, 3.8) is 0 Å². The van der Waals surface area contributed by atoms with Gasteiger partial charge in [-0.2, -0.15) is 0 Å². The molecule has 4 heteroatoms. The molecule has 1 fully saturated rings. The SMILES string of the molecule is CNC(C)(C)C(=O)NCC1(C)CCCO1. The van der Waals surface area contributed by atoms with E-state index < -0.39 is 5.54 Å². The molecule has 0 aliphatic carbocycles. The van der Waals surface area contributed by atoms with E-state index in [1.807, 2.05) is 20.8 Å². The highest BCUT2D eigenvalue weighted by Crippen LogP contribution is 2.23. The maximum Gasteiger partial charge on any atom is 0.239 e. The lowest BCUT2D eigenvalue weighted by Gasteiger charge is -2.28. The smallest absolute Gasteiger partial charge is 0.239 e. The lowest BCUT2D eigenvalue weighted by atomic mass is 10.0. The molecule has 1 atom stereocenters. The van der Waals surface area contributed by atoms with Crippen molar-refractivity contribution in [2.24, 2.45) is 0 Å². The fourth-order valence-electron chi connectivity index (χ4n) is 1.58. The topological polar surface area (TPSA) is 50.4 Å². The van der Waals surface area contributed by atoms with Gasteiger partial charge in [0.05, 0.1) is 11.1 Å². The van der Waals surface area contributed by atoms with Crippen LogP contribution in [0.15, 0.2) is 0 Å². The van der Waals surface area contributed by atoms with Crippen molar-refractivity contribution in [1.82, 2.24) is 10.6 Å². The van der Waals surface area contributed by atoms with Crippen molar-refractivity contribution in [2.75, 3.05) is 20.2 Å². The van der Waals surface area contributed by atoms with Crippen LogP contribution in [0.4, 0.5) is 0 Å². The van der Waals surface area contributed by atoms with Gasteiger partial charge in [-0.05, 0) is 40.7 Å². The molecule has 1 heterocycles. The van der Waals surface area contributed by atoms with Crippen LogP contribution >= 0.6 is 0 Å². The van der Waals surface area contributed by atoms with E-state index in [0.717, 1.165) is 19.4 Å². The van der Waals surface area contributed by atoms with E-state index in [-0.39, 0.29) is 11.5 Å². The zero-order valence-corrected chi connectivity index (χ0v) is 10.1. The van der Waals surface area contributed by atoms with Crippen LogP contribution in [0.3, 0.4) is 0 Å². The van der Waals surface area contributed by atoms with Gasteiger partial charge in [-0.15, -0.1) is 0 Å². The van der Waals surface area contributed by atoms with E-state index >= 15 is 0 Å².